The monoisotopic (exact) mass is 565 g/mol. The van der Waals surface area contributed by atoms with Gasteiger partial charge in [0.25, 0.3) is 0 Å². The van der Waals surface area contributed by atoms with Crippen LogP contribution in [0.15, 0.2) is 103 Å². The van der Waals surface area contributed by atoms with E-state index in [1.165, 1.54) is 20.1 Å². The number of alkyl carbamates (subject to hydrolysis) is 1. The number of benzene rings is 4. The van der Waals surface area contributed by atoms with Crippen molar-refractivity contribution in [3.05, 3.63) is 131 Å². The van der Waals surface area contributed by atoms with Crippen LogP contribution in [0.25, 0.3) is 0 Å². The van der Waals surface area contributed by atoms with Crippen molar-refractivity contribution in [1.82, 2.24) is 5.32 Å². The molecule has 0 saturated heterocycles. The minimum absolute atomic E-state index is 0.0103. The minimum atomic E-state index is -1.18. The van der Waals surface area contributed by atoms with Gasteiger partial charge in [-0.05, 0) is 48.2 Å². The van der Waals surface area contributed by atoms with Crippen LogP contribution in [0.4, 0.5) is 4.79 Å². The summed E-state index contributed by atoms with van der Waals surface area (Å²) in [6.07, 6.45) is -0.412. The van der Waals surface area contributed by atoms with Crippen LogP contribution in [-0.2, 0) is 22.6 Å². The van der Waals surface area contributed by atoms with Crippen molar-refractivity contribution in [2.75, 3.05) is 7.11 Å². The van der Waals surface area contributed by atoms with E-state index in [1.54, 1.807) is 66.7 Å². The molecule has 214 valence electrons. The van der Waals surface area contributed by atoms with E-state index in [0.29, 0.717) is 16.9 Å². The molecule has 4 aromatic carbocycles. The smallest absolute Gasteiger partial charge is 0.408 e. The van der Waals surface area contributed by atoms with Gasteiger partial charge in [-0.3, -0.25) is 4.79 Å². The number of carbonyl (C=O) groups excluding carboxylic acids is 4. The highest BCUT2D eigenvalue weighted by Gasteiger charge is 2.32. The first-order chi connectivity index (χ1) is 20.4. The van der Waals surface area contributed by atoms with Crippen LogP contribution in [0, 0.1) is 0 Å². The number of esters is 1. The van der Waals surface area contributed by atoms with Crippen LogP contribution in [-0.4, -0.2) is 30.7 Å². The summed E-state index contributed by atoms with van der Waals surface area (Å²) in [4.78, 5) is 52.4. The SMILES string of the molecule is COc1c(C(=O)Oc2ccccc2)ccc(CCC(C)=O)c1C(=O)C(NC(=O)OCc1ccccc1)c1ccccc1. The quantitative estimate of drug-likeness (QED) is 0.122. The van der Waals surface area contributed by atoms with Crippen molar-refractivity contribution < 1.29 is 33.4 Å². The topological polar surface area (TPSA) is 108 Å². The molecule has 4 rings (SSSR count). The van der Waals surface area contributed by atoms with Crippen molar-refractivity contribution in [3.63, 3.8) is 0 Å². The maximum Gasteiger partial charge on any atom is 0.408 e. The number of aryl methyl sites for hydroxylation is 1. The van der Waals surface area contributed by atoms with Crippen molar-refractivity contribution in [2.45, 2.75) is 32.4 Å². The van der Waals surface area contributed by atoms with E-state index < -0.39 is 23.9 Å². The zero-order chi connectivity index (χ0) is 29.9. The first-order valence-corrected chi connectivity index (χ1v) is 13.4. The number of Topliss-reactive ketones (excluding diaryl/α,β-unsaturated/α-hetero) is 2. The number of rotatable bonds is 12. The average molecular weight is 566 g/mol. The van der Waals surface area contributed by atoms with Gasteiger partial charge in [0, 0.05) is 6.42 Å². The molecule has 1 amide bonds. The molecular weight excluding hydrogens is 534 g/mol. The Kier molecular flexibility index (Phi) is 10.2. The van der Waals surface area contributed by atoms with Crippen LogP contribution in [0.5, 0.6) is 11.5 Å². The maximum atomic E-state index is 14.3. The fourth-order valence-electron chi connectivity index (χ4n) is 4.41. The molecule has 0 fully saturated rings. The van der Waals surface area contributed by atoms with Crippen LogP contribution in [0.3, 0.4) is 0 Å². The van der Waals surface area contributed by atoms with Crippen LogP contribution in [0.1, 0.15) is 56.8 Å². The number of ketones is 2. The number of hydrogen-bond acceptors (Lipinski definition) is 7. The third kappa shape index (κ3) is 7.69. The van der Waals surface area contributed by atoms with Gasteiger partial charge < -0.3 is 24.3 Å². The van der Waals surface area contributed by atoms with Gasteiger partial charge in [-0.25, -0.2) is 9.59 Å². The summed E-state index contributed by atoms with van der Waals surface area (Å²) in [5.41, 5.74) is 1.86. The van der Waals surface area contributed by atoms with E-state index in [1.807, 2.05) is 30.3 Å². The van der Waals surface area contributed by atoms with Gasteiger partial charge in [0.05, 0.1) is 12.7 Å². The lowest BCUT2D eigenvalue weighted by atomic mass is 9.89. The second kappa shape index (κ2) is 14.4. The molecule has 1 N–H and O–H groups in total. The van der Waals surface area contributed by atoms with Gasteiger partial charge in [-0.15, -0.1) is 0 Å². The molecule has 0 aliphatic heterocycles. The Morgan fingerprint density at radius 2 is 1.40 bits per heavy atom. The van der Waals surface area contributed by atoms with Gasteiger partial charge in [0.15, 0.2) is 5.78 Å². The Balaban J connectivity index is 1.72. The molecule has 0 radical (unpaired) electrons. The van der Waals surface area contributed by atoms with Gasteiger partial charge in [-0.2, -0.15) is 0 Å². The Bertz CT molecular complexity index is 1540. The number of hydrogen-bond donors (Lipinski definition) is 1. The number of methoxy groups -OCH3 is 1. The standard InChI is InChI=1S/C34H31NO7/c1-23(36)18-19-25-20-21-28(33(38)42-27-16-10-5-11-17-27)32(40-2)29(25)31(37)30(26-14-8-4-9-15-26)35-34(39)41-22-24-12-6-3-7-13-24/h3-17,20-21,30H,18-19,22H2,1-2H3,(H,35,39). The fourth-order valence-corrected chi connectivity index (χ4v) is 4.41. The zero-order valence-corrected chi connectivity index (χ0v) is 23.4. The average Bonchev–Trinajstić information content (AvgIpc) is 3.02. The lowest BCUT2D eigenvalue weighted by Gasteiger charge is -2.22. The Hall–Kier alpha value is -5.24. The number of carbonyl (C=O) groups is 4. The van der Waals surface area contributed by atoms with Crippen LogP contribution >= 0.6 is 0 Å². The third-order valence-electron chi connectivity index (χ3n) is 6.48. The highest BCUT2D eigenvalue weighted by Crippen LogP contribution is 2.33. The van der Waals surface area contributed by atoms with Gasteiger partial charge >= 0.3 is 12.1 Å². The number of nitrogens with one attached hydrogen (secondary N) is 1. The lowest BCUT2D eigenvalue weighted by molar-refractivity contribution is -0.117. The number of para-hydroxylation sites is 1. The fraction of sp³-hybridized carbons (Fsp3) is 0.176. The summed E-state index contributed by atoms with van der Waals surface area (Å²) in [6, 6.07) is 28.3. The second-order valence-corrected chi connectivity index (χ2v) is 9.50. The van der Waals surface area contributed by atoms with Crippen molar-refractivity contribution in [3.8, 4) is 11.5 Å². The second-order valence-electron chi connectivity index (χ2n) is 9.50. The highest BCUT2D eigenvalue weighted by atomic mass is 16.5. The predicted molar refractivity (Wildman–Crippen MR) is 157 cm³/mol. The van der Waals surface area contributed by atoms with Gasteiger partial charge in [-0.1, -0.05) is 84.9 Å². The summed E-state index contributed by atoms with van der Waals surface area (Å²) in [7, 11) is 1.35. The molecule has 0 bridgehead atoms. The molecule has 1 atom stereocenters. The first-order valence-electron chi connectivity index (χ1n) is 13.4. The number of amides is 1. The summed E-state index contributed by atoms with van der Waals surface area (Å²) in [6.45, 7) is 1.47. The highest BCUT2D eigenvalue weighted by molar-refractivity contribution is 6.08. The summed E-state index contributed by atoms with van der Waals surface area (Å²) < 4.78 is 16.6. The molecule has 0 aliphatic rings. The lowest BCUT2D eigenvalue weighted by Crippen LogP contribution is -2.35. The maximum absolute atomic E-state index is 14.3. The van der Waals surface area contributed by atoms with E-state index in [4.69, 9.17) is 14.2 Å². The molecular formula is C34H31NO7. The van der Waals surface area contributed by atoms with E-state index in [9.17, 15) is 19.2 Å². The van der Waals surface area contributed by atoms with Crippen molar-refractivity contribution in [2.24, 2.45) is 0 Å². The Morgan fingerprint density at radius 1 is 0.786 bits per heavy atom. The van der Waals surface area contributed by atoms with Gasteiger partial charge in [0.1, 0.15) is 35.5 Å². The van der Waals surface area contributed by atoms with E-state index in [-0.39, 0.29) is 42.1 Å². The summed E-state index contributed by atoms with van der Waals surface area (Å²) in [5, 5.41) is 2.68. The van der Waals surface area contributed by atoms with Crippen LogP contribution in [0.2, 0.25) is 0 Å². The molecule has 8 nitrogen and oxygen atoms in total. The molecule has 0 aromatic heterocycles. The predicted octanol–water partition coefficient (Wildman–Crippen LogP) is 6.29. The molecule has 8 heteroatoms. The first kappa shape index (κ1) is 29.7. The van der Waals surface area contributed by atoms with Crippen LogP contribution < -0.4 is 14.8 Å². The molecule has 0 saturated carbocycles. The Labute approximate surface area is 244 Å². The molecule has 0 heterocycles. The summed E-state index contributed by atoms with van der Waals surface area (Å²) >= 11 is 0. The molecule has 0 spiro atoms. The molecule has 42 heavy (non-hydrogen) atoms. The normalized spacial score (nSPS) is 11.2. The summed E-state index contributed by atoms with van der Waals surface area (Å²) in [5.74, 6) is -1.02. The number of ether oxygens (including phenoxy) is 3. The zero-order valence-electron chi connectivity index (χ0n) is 23.4. The Morgan fingerprint density at radius 3 is 2.02 bits per heavy atom. The largest absolute Gasteiger partial charge is 0.495 e. The van der Waals surface area contributed by atoms with Gasteiger partial charge in [0.2, 0.25) is 0 Å². The third-order valence-corrected chi connectivity index (χ3v) is 6.48. The van der Waals surface area contributed by atoms with E-state index in [0.717, 1.165) is 5.56 Å². The molecule has 1 unspecified atom stereocenters. The van der Waals surface area contributed by atoms with E-state index >= 15 is 0 Å². The molecule has 4 aromatic rings. The van der Waals surface area contributed by atoms with E-state index in [2.05, 4.69) is 5.32 Å². The van der Waals surface area contributed by atoms with Crippen molar-refractivity contribution >= 4 is 23.6 Å². The van der Waals surface area contributed by atoms with Crippen molar-refractivity contribution in [1.29, 1.82) is 0 Å². The minimum Gasteiger partial charge on any atom is -0.495 e. The molecule has 0 aliphatic carbocycles.